The summed E-state index contributed by atoms with van der Waals surface area (Å²) in [6.45, 7) is 2.28. The zero-order valence-electron chi connectivity index (χ0n) is 9.59. The molecule has 3 rings (SSSR count). The number of hydrogen-bond acceptors (Lipinski definition) is 3. The average Bonchev–Trinajstić information content (AvgIpc) is 2.98. The van der Waals surface area contributed by atoms with Gasteiger partial charge in [0.1, 0.15) is 0 Å². The lowest BCUT2D eigenvalue weighted by Gasteiger charge is -2.24. The average molecular weight is 255 g/mol. The topological polar surface area (TPSA) is 65.2 Å². The molecular weight excluding hydrogens is 238 g/mol. The first kappa shape index (κ1) is 11.3. The molecule has 2 aliphatic heterocycles. The van der Waals surface area contributed by atoms with Crippen LogP contribution in [0.5, 0.6) is 0 Å². The van der Waals surface area contributed by atoms with E-state index in [1.54, 1.807) is 22.8 Å². The van der Waals surface area contributed by atoms with Gasteiger partial charge in [-0.05, 0) is 31.4 Å². The molecule has 0 spiro atoms. The van der Waals surface area contributed by atoms with E-state index in [0.717, 1.165) is 19.4 Å². The SMILES string of the molecule is O=S(=O)(c1cc[nH]c1)N1CC2CCCNC2C1. The summed E-state index contributed by atoms with van der Waals surface area (Å²) in [6.07, 6.45) is 5.48. The van der Waals surface area contributed by atoms with Crippen molar-refractivity contribution < 1.29 is 8.42 Å². The van der Waals surface area contributed by atoms with Crippen molar-refractivity contribution in [3.63, 3.8) is 0 Å². The van der Waals surface area contributed by atoms with Gasteiger partial charge in [0.2, 0.25) is 10.0 Å². The number of aromatic amines is 1. The fourth-order valence-electron chi connectivity index (χ4n) is 2.82. The zero-order chi connectivity index (χ0) is 11.9. The second-order valence-corrected chi connectivity index (χ2v) is 6.77. The molecule has 6 heteroatoms. The maximum atomic E-state index is 12.3. The lowest BCUT2D eigenvalue weighted by molar-refractivity contribution is 0.339. The van der Waals surface area contributed by atoms with Gasteiger partial charge in [-0.1, -0.05) is 0 Å². The van der Waals surface area contributed by atoms with Crippen LogP contribution >= 0.6 is 0 Å². The Morgan fingerprint density at radius 3 is 2.94 bits per heavy atom. The first-order valence-corrected chi connectivity index (χ1v) is 7.48. The Hall–Kier alpha value is -0.850. The van der Waals surface area contributed by atoms with E-state index in [9.17, 15) is 8.42 Å². The molecule has 17 heavy (non-hydrogen) atoms. The number of sulfonamides is 1. The van der Waals surface area contributed by atoms with Crippen LogP contribution in [0.25, 0.3) is 0 Å². The van der Waals surface area contributed by atoms with Crippen LogP contribution in [-0.2, 0) is 10.0 Å². The Labute approximate surface area is 101 Å². The normalized spacial score (nSPS) is 30.4. The summed E-state index contributed by atoms with van der Waals surface area (Å²) in [5.41, 5.74) is 0. The predicted molar refractivity (Wildman–Crippen MR) is 64.1 cm³/mol. The van der Waals surface area contributed by atoms with E-state index in [1.165, 1.54) is 0 Å². The van der Waals surface area contributed by atoms with Gasteiger partial charge in [0.15, 0.2) is 0 Å². The van der Waals surface area contributed by atoms with Crippen molar-refractivity contribution in [1.29, 1.82) is 0 Å². The lowest BCUT2D eigenvalue weighted by Crippen LogP contribution is -2.41. The van der Waals surface area contributed by atoms with Gasteiger partial charge in [0.25, 0.3) is 0 Å². The maximum absolute atomic E-state index is 12.3. The molecular formula is C11H17N3O2S. The molecule has 2 atom stereocenters. The van der Waals surface area contributed by atoms with Crippen LogP contribution in [0.3, 0.4) is 0 Å². The molecule has 0 saturated carbocycles. The largest absolute Gasteiger partial charge is 0.366 e. The smallest absolute Gasteiger partial charge is 0.244 e. The second kappa shape index (κ2) is 4.12. The van der Waals surface area contributed by atoms with Crippen LogP contribution in [0, 0.1) is 5.92 Å². The highest BCUT2D eigenvalue weighted by Crippen LogP contribution is 2.29. The first-order chi connectivity index (χ1) is 8.18. The molecule has 1 aromatic rings. The number of rotatable bonds is 2. The molecule has 0 radical (unpaired) electrons. The van der Waals surface area contributed by atoms with Crippen molar-refractivity contribution in [2.45, 2.75) is 23.8 Å². The quantitative estimate of drug-likeness (QED) is 0.803. The van der Waals surface area contributed by atoms with Gasteiger partial charge in [0.05, 0.1) is 4.90 Å². The van der Waals surface area contributed by atoms with Gasteiger partial charge in [-0.2, -0.15) is 4.31 Å². The summed E-state index contributed by atoms with van der Waals surface area (Å²) in [5.74, 6) is 0.484. The molecule has 0 bridgehead atoms. The van der Waals surface area contributed by atoms with E-state index in [2.05, 4.69) is 10.3 Å². The lowest BCUT2D eigenvalue weighted by atomic mass is 9.94. The first-order valence-electron chi connectivity index (χ1n) is 6.04. The molecule has 94 valence electrons. The minimum atomic E-state index is -3.29. The van der Waals surface area contributed by atoms with Gasteiger partial charge in [-0.25, -0.2) is 8.42 Å². The predicted octanol–water partition coefficient (Wildman–Crippen LogP) is 0.387. The van der Waals surface area contributed by atoms with E-state index in [0.29, 0.717) is 29.9 Å². The van der Waals surface area contributed by atoms with Crippen molar-refractivity contribution in [3.8, 4) is 0 Å². The molecule has 2 fully saturated rings. The summed E-state index contributed by atoms with van der Waals surface area (Å²) in [5, 5.41) is 3.41. The monoisotopic (exact) mass is 255 g/mol. The van der Waals surface area contributed by atoms with Gasteiger partial charge < -0.3 is 10.3 Å². The molecule has 1 aromatic heterocycles. The van der Waals surface area contributed by atoms with Crippen LogP contribution in [0.2, 0.25) is 0 Å². The summed E-state index contributed by atoms with van der Waals surface area (Å²) >= 11 is 0. The Balaban J connectivity index is 1.82. The minimum absolute atomic E-state index is 0.345. The molecule has 0 aliphatic carbocycles. The molecule has 0 amide bonds. The number of fused-ring (bicyclic) bond motifs is 1. The van der Waals surface area contributed by atoms with E-state index in [4.69, 9.17) is 0 Å². The Bertz CT molecular complexity index is 469. The van der Waals surface area contributed by atoms with Crippen LogP contribution in [-0.4, -0.2) is 43.4 Å². The van der Waals surface area contributed by atoms with Crippen molar-refractivity contribution in [1.82, 2.24) is 14.6 Å². The van der Waals surface area contributed by atoms with Gasteiger partial charge in [-0.3, -0.25) is 0 Å². The number of hydrogen-bond donors (Lipinski definition) is 2. The molecule has 2 N–H and O–H groups in total. The van der Waals surface area contributed by atoms with Crippen LogP contribution in [0.15, 0.2) is 23.4 Å². The Morgan fingerprint density at radius 2 is 2.24 bits per heavy atom. The molecule has 0 aromatic carbocycles. The van der Waals surface area contributed by atoms with Crippen molar-refractivity contribution in [2.75, 3.05) is 19.6 Å². The number of H-pyrrole nitrogens is 1. The second-order valence-electron chi connectivity index (χ2n) is 4.83. The van der Waals surface area contributed by atoms with E-state index in [1.807, 2.05) is 0 Å². The fraction of sp³-hybridized carbons (Fsp3) is 0.636. The maximum Gasteiger partial charge on any atom is 0.244 e. The summed E-state index contributed by atoms with van der Waals surface area (Å²) in [4.78, 5) is 3.17. The summed E-state index contributed by atoms with van der Waals surface area (Å²) in [7, 11) is -3.29. The van der Waals surface area contributed by atoms with Crippen LogP contribution in [0.4, 0.5) is 0 Å². The van der Waals surface area contributed by atoms with Gasteiger partial charge in [-0.15, -0.1) is 0 Å². The third-order valence-corrected chi connectivity index (χ3v) is 5.60. The van der Waals surface area contributed by atoms with E-state index >= 15 is 0 Å². The van der Waals surface area contributed by atoms with Crippen molar-refractivity contribution in [3.05, 3.63) is 18.5 Å². The standard InChI is InChI=1S/C11H17N3O2S/c15-17(16,10-3-5-12-6-10)14-7-9-2-1-4-13-11(9)8-14/h3,5-6,9,11-13H,1-2,4,7-8H2. The zero-order valence-corrected chi connectivity index (χ0v) is 10.4. The molecule has 3 heterocycles. The summed E-state index contributed by atoms with van der Waals surface area (Å²) < 4.78 is 26.2. The van der Waals surface area contributed by atoms with Crippen molar-refractivity contribution in [2.24, 2.45) is 5.92 Å². The summed E-state index contributed by atoms with van der Waals surface area (Å²) in [6, 6.07) is 1.96. The molecule has 2 unspecified atom stereocenters. The highest BCUT2D eigenvalue weighted by atomic mass is 32.2. The minimum Gasteiger partial charge on any atom is -0.366 e. The Morgan fingerprint density at radius 1 is 1.35 bits per heavy atom. The van der Waals surface area contributed by atoms with Gasteiger partial charge in [0, 0.05) is 31.5 Å². The number of aromatic nitrogens is 1. The highest BCUT2D eigenvalue weighted by molar-refractivity contribution is 7.89. The van der Waals surface area contributed by atoms with E-state index in [-0.39, 0.29) is 0 Å². The van der Waals surface area contributed by atoms with Crippen molar-refractivity contribution >= 4 is 10.0 Å². The molecule has 5 nitrogen and oxygen atoms in total. The van der Waals surface area contributed by atoms with Crippen LogP contribution < -0.4 is 5.32 Å². The number of nitrogens with zero attached hydrogens (tertiary/aromatic N) is 1. The van der Waals surface area contributed by atoms with Crippen LogP contribution in [0.1, 0.15) is 12.8 Å². The third-order valence-electron chi connectivity index (χ3n) is 3.77. The number of piperidine rings is 1. The van der Waals surface area contributed by atoms with E-state index < -0.39 is 10.0 Å². The fourth-order valence-corrected chi connectivity index (χ4v) is 4.32. The Kier molecular flexibility index (Phi) is 2.72. The van der Waals surface area contributed by atoms with Gasteiger partial charge >= 0.3 is 0 Å². The highest BCUT2D eigenvalue weighted by Gasteiger charge is 2.40. The number of nitrogens with one attached hydrogen (secondary N) is 2. The molecule has 2 saturated heterocycles. The third kappa shape index (κ3) is 1.90. The molecule has 2 aliphatic rings.